The Kier molecular flexibility index (Phi) is 5.27. The van der Waals surface area contributed by atoms with Crippen molar-refractivity contribution in [3.63, 3.8) is 0 Å². The molecule has 5 heteroatoms. The molecule has 0 atom stereocenters. The summed E-state index contributed by atoms with van der Waals surface area (Å²) in [6, 6.07) is 2.26. The molecule has 1 amide bonds. The second-order valence-corrected chi connectivity index (χ2v) is 7.08. The summed E-state index contributed by atoms with van der Waals surface area (Å²) in [6.07, 6.45) is 6.64. The van der Waals surface area contributed by atoms with Gasteiger partial charge in [0.2, 0.25) is 5.91 Å². The summed E-state index contributed by atoms with van der Waals surface area (Å²) in [6.45, 7) is 3.26. The van der Waals surface area contributed by atoms with E-state index in [4.69, 9.17) is 4.74 Å². The number of hydrogen-bond acceptors (Lipinski definition) is 4. The van der Waals surface area contributed by atoms with Crippen molar-refractivity contribution in [2.24, 2.45) is 0 Å². The number of piperidine rings is 1. The lowest BCUT2D eigenvalue weighted by atomic mass is 10.1. The van der Waals surface area contributed by atoms with E-state index < -0.39 is 0 Å². The maximum Gasteiger partial charge on any atom is 0.222 e. The third kappa shape index (κ3) is 4.28. The van der Waals surface area contributed by atoms with E-state index in [1.165, 1.54) is 34.6 Å². The second-order valence-electron chi connectivity index (χ2n) is 5.86. The van der Waals surface area contributed by atoms with Crippen molar-refractivity contribution in [3.05, 3.63) is 21.4 Å². The van der Waals surface area contributed by atoms with Gasteiger partial charge in [-0.2, -0.15) is 0 Å². The summed E-state index contributed by atoms with van der Waals surface area (Å²) < 4.78 is 5.76. The van der Waals surface area contributed by atoms with Gasteiger partial charge < -0.3 is 15.4 Å². The smallest absolute Gasteiger partial charge is 0.222 e. The molecule has 3 rings (SSSR count). The van der Waals surface area contributed by atoms with E-state index in [1.807, 2.05) is 11.3 Å². The zero-order valence-electron chi connectivity index (χ0n) is 12.5. The molecule has 1 aliphatic heterocycles. The highest BCUT2D eigenvalue weighted by Crippen LogP contribution is 2.30. The van der Waals surface area contributed by atoms with E-state index in [0.29, 0.717) is 25.7 Å². The molecular weight excluding hydrogens is 284 g/mol. The largest absolute Gasteiger partial charge is 0.378 e. The Labute approximate surface area is 130 Å². The van der Waals surface area contributed by atoms with Crippen LogP contribution in [0.2, 0.25) is 0 Å². The van der Waals surface area contributed by atoms with E-state index in [1.54, 1.807) is 0 Å². The fourth-order valence-electron chi connectivity index (χ4n) is 3.03. The SMILES string of the molecule is O=C(CCOC1CCNCC1)NCc1cc2c(s1)CCC2. The quantitative estimate of drug-likeness (QED) is 0.845. The van der Waals surface area contributed by atoms with Crippen LogP contribution in [0.1, 0.15) is 41.0 Å². The zero-order chi connectivity index (χ0) is 14.5. The van der Waals surface area contributed by atoms with Crippen LogP contribution in [0.4, 0.5) is 0 Å². The molecule has 21 heavy (non-hydrogen) atoms. The average molecular weight is 308 g/mol. The highest BCUT2D eigenvalue weighted by Gasteiger charge is 2.16. The fourth-order valence-corrected chi connectivity index (χ4v) is 4.23. The van der Waals surface area contributed by atoms with Crippen molar-refractivity contribution in [2.75, 3.05) is 19.7 Å². The molecule has 0 unspecified atom stereocenters. The van der Waals surface area contributed by atoms with E-state index in [9.17, 15) is 4.79 Å². The molecule has 0 radical (unpaired) electrons. The second kappa shape index (κ2) is 7.38. The summed E-state index contributed by atoms with van der Waals surface area (Å²) in [5.74, 6) is 0.0949. The molecule has 1 fully saturated rings. The minimum atomic E-state index is 0.0949. The van der Waals surface area contributed by atoms with E-state index >= 15 is 0 Å². The number of fused-ring (bicyclic) bond motifs is 1. The third-order valence-corrected chi connectivity index (χ3v) is 5.46. The van der Waals surface area contributed by atoms with Gasteiger partial charge in [-0.25, -0.2) is 0 Å². The van der Waals surface area contributed by atoms with Crippen molar-refractivity contribution in [1.82, 2.24) is 10.6 Å². The van der Waals surface area contributed by atoms with Gasteiger partial charge in [0.05, 0.1) is 19.3 Å². The molecule has 1 aromatic heterocycles. The fraction of sp³-hybridized carbons (Fsp3) is 0.688. The Hall–Kier alpha value is -0.910. The van der Waals surface area contributed by atoms with Crippen molar-refractivity contribution >= 4 is 17.2 Å². The number of carbonyl (C=O) groups excluding carboxylic acids is 1. The van der Waals surface area contributed by atoms with Gasteiger partial charge in [-0.05, 0) is 56.8 Å². The summed E-state index contributed by atoms with van der Waals surface area (Å²) in [4.78, 5) is 14.6. The molecule has 116 valence electrons. The number of rotatable bonds is 6. The Morgan fingerprint density at radius 1 is 1.38 bits per heavy atom. The molecule has 1 aliphatic carbocycles. The highest BCUT2D eigenvalue weighted by molar-refractivity contribution is 7.12. The van der Waals surface area contributed by atoms with Crippen molar-refractivity contribution < 1.29 is 9.53 Å². The van der Waals surface area contributed by atoms with Gasteiger partial charge in [-0.1, -0.05) is 0 Å². The van der Waals surface area contributed by atoms with Crippen LogP contribution in [-0.4, -0.2) is 31.7 Å². The average Bonchev–Trinajstić information content (AvgIpc) is 3.07. The van der Waals surface area contributed by atoms with Gasteiger partial charge in [-0.3, -0.25) is 4.79 Å². The molecule has 1 saturated heterocycles. The van der Waals surface area contributed by atoms with E-state index in [0.717, 1.165) is 25.9 Å². The van der Waals surface area contributed by atoms with Crippen LogP contribution in [0.25, 0.3) is 0 Å². The monoisotopic (exact) mass is 308 g/mol. The molecule has 0 bridgehead atoms. The molecule has 2 aliphatic rings. The maximum absolute atomic E-state index is 11.8. The molecular formula is C16H24N2O2S. The van der Waals surface area contributed by atoms with Crippen LogP contribution in [0.15, 0.2) is 6.07 Å². The first kappa shape index (κ1) is 15.0. The molecule has 0 aromatic carbocycles. The standard InChI is InChI=1S/C16H24N2O2S/c19-16(6-9-20-13-4-7-17-8-5-13)18-11-14-10-12-2-1-3-15(12)21-14/h10,13,17H,1-9,11H2,(H,18,19). The van der Waals surface area contributed by atoms with Gasteiger partial charge in [0.1, 0.15) is 0 Å². The highest BCUT2D eigenvalue weighted by atomic mass is 32.1. The van der Waals surface area contributed by atoms with Crippen molar-refractivity contribution in [2.45, 2.75) is 51.2 Å². The number of hydrogen-bond donors (Lipinski definition) is 2. The van der Waals surface area contributed by atoms with E-state index in [2.05, 4.69) is 16.7 Å². The van der Waals surface area contributed by atoms with E-state index in [-0.39, 0.29) is 5.91 Å². The molecule has 0 spiro atoms. The molecule has 1 aromatic rings. The minimum absolute atomic E-state index is 0.0949. The van der Waals surface area contributed by atoms with Gasteiger partial charge in [-0.15, -0.1) is 11.3 Å². The van der Waals surface area contributed by atoms with Crippen molar-refractivity contribution in [3.8, 4) is 0 Å². The predicted molar refractivity (Wildman–Crippen MR) is 84.7 cm³/mol. The molecule has 4 nitrogen and oxygen atoms in total. The van der Waals surface area contributed by atoms with Crippen LogP contribution in [0.5, 0.6) is 0 Å². The Morgan fingerprint density at radius 3 is 3.05 bits per heavy atom. The van der Waals surface area contributed by atoms with Crippen LogP contribution >= 0.6 is 11.3 Å². The number of thiophene rings is 1. The minimum Gasteiger partial charge on any atom is -0.378 e. The predicted octanol–water partition coefficient (Wildman–Crippen LogP) is 2.01. The lowest BCUT2D eigenvalue weighted by Crippen LogP contribution is -2.33. The van der Waals surface area contributed by atoms with Gasteiger partial charge in [0.25, 0.3) is 0 Å². The number of carbonyl (C=O) groups is 1. The zero-order valence-corrected chi connectivity index (χ0v) is 13.3. The number of amides is 1. The molecule has 2 N–H and O–H groups in total. The maximum atomic E-state index is 11.8. The Bertz CT molecular complexity index is 459. The van der Waals surface area contributed by atoms with Crippen LogP contribution in [-0.2, 0) is 28.9 Å². The number of nitrogens with one attached hydrogen (secondary N) is 2. The Balaban J connectivity index is 1.32. The Morgan fingerprint density at radius 2 is 2.24 bits per heavy atom. The topological polar surface area (TPSA) is 50.4 Å². The summed E-state index contributed by atoms with van der Waals surface area (Å²) in [5.41, 5.74) is 1.50. The third-order valence-electron chi connectivity index (χ3n) is 4.23. The summed E-state index contributed by atoms with van der Waals surface area (Å²) in [5, 5.41) is 6.31. The normalized spacial score (nSPS) is 18.7. The van der Waals surface area contributed by atoms with Crippen LogP contribution in [0.3, 0.4) is 0 Å². The van der Waals surface area contributed by atoms with Crippen LogP contribution < -0.4 is 10.6 Å². The first-order valence-corrected chi connectivity index (χ1v) is 8.82. The lowest BCUT2D eigenvalue weighted by Gasteiger charge is -2.22. The van der Waals surface area contributed by atoms with Crippen LogP contribution in [0, 0.1) is 0 Å². The van der Waals surface area contributed by atoms with Gasteiger partial charge >= 0.3 is 0 Å². The lowest BCUT2D eigenvalue weighted by molar-refractivity contribution is -0.122. The molecule has 2 heterocycles. The molecule has 0 saturated carbocycles. The van der Waals surface area contributed by atoms with Crippen molar-refractivity contribution in [1.29, 1.82) is 0 Å². The first-order chi connectivity index (χ1) is 10.3. The first-order valence-electron chi connectivity index (χ1n) is 8.01. The number of aryl methyl sites for hydroxylation is 2. The van der Waals surface area contributed by atoms with Gasteiger partial charge in [0.15, 0.2) is 0 Å². The number of ether oxygens (including phenoxy) is 1. The van der Waals surface area contributed by atoms with Gasteiger partial charge in [0, 0.05) is 16.2 Å². The summed E-state index contributed by atoms with van der Waals surface area (Å²) >= 11 is 1.86. The summed E-state index contributed by atoms with van der Waals surface area (Å²) in [7, 11) is 0.